The standard InChI is InChI=1S/C9H15N/c1-5-7-9(6-2)8-10(3)4/h5-8H,2H2,1,3-4H3/b7-5-,9-8+. The monoisotopic (exact) mass is 137 g/mol. The molecule has 0 aromatic carbocycles. The lowest BCUT2D eigenvalue weighted by atomic mass is 10.2. The van der Waals surface area contributed by atoms with Gasteiger partial charge in [0.15, 0.2) is 0 Å². The Morgan fingerprint density at radius 1 is 1.40 bits per heavy atom. The van der Waals surface area contributed by atoms with Gasteiger partial charge in [-0.3, -0.25) is 0 Å². The van der Waals surface area contributed by atoms with Gasteiger partial charge in [-0.1, -0.05) is 24.8 Å². The van der Waals surface area contributed by atoms with Gasteiger partial charge in [-0.15, -0.1) is 0 Å². The minimum atomic E-state index is 1.13. The molecule has 0 heterocycles. The predicted molar refractivity (Wildman–Crippen MR) is 46.8 cm³/mol. The fraction of sp³-hybridized carbons (Fsp3) is 0.333. The number of rotatable bonds is 3. The second kappa shape index (κ2) is 4.86. The van der Waals surface area contributed by atoms with Crippen molar-refractivity contribution in [3.05, 3.63) is 36.6 Å². The molecule has 0 fully saturated rings. The summed E-state index contributed by atoms with van der Waals surface area (Å²) in [6, 6.07) is 0. The minimum absolute atomic E-state index is 1.13. The predicted octanol–water partition coefficient (Wildman–Crippen LogP) is 2.19. The van der Waals surface area contributed by atoms with Gasteiger partial charge >= 0.3 is 0 Å². The maximum atomic E-state index is 3.69. The minimum Gasteiger partial charge on any atom is -0.383 e. The van der Waals surface area contributed by atoms with E-state index in [1.54, 1.807) is 0 Å². The van der Waals surface area contributed by atoms with Crippen LogP contribution in [0.1, 0.15) is 6.92 Å². The van der Waals surface area contributed by atoms with E-state index in [9.17, 15) is 0 Å². The number of hydrogen-bond donors (Lipinski definition) is 0. The van der Waals surface area contributed by atoms with Gasteiger partial charge in [0.05, 0.1) is 0 Å². The molecule has 56 valence electrons. The normalized spacial score (nSPS) is 12.1. The maximum Gasteiger partial charge on any atom is 0.00583 e. The van der Waals surface area contributed by atoms with Gasteiger partial charge < -0.3 is 4.90 Å². The number of allylic oxidation sites excluding steroid dienone is 4. The molecule has 10 heavy (non-hydrogen) atoms. The van der Waals surface area contributed by atoms with Crippen molar-refractivity contribution in [3.63, 3.8) is 0 Å². The van der Waals surface area contributed by atoms with Crippen LogP contribution in [0.15, 0.2) is 36.6 Å². The van der Waals surface area contributed by atoms with E-state index in [4.69, 9.17) is 0 Å². The molecule has 0 atom stereocenters. The highest BCUT2D eigenvalue weighted by molar-refractivity contribution is 5.27. The Kier molecular flexibility index (Phi) is 4.38. The van der Waals surface area contributed by atoms with Crippen LogP contribution >= 0.6 is 0 Å². The fourth-order valence-corrected chi connectivity index (χ4v) is 0.654. The summed E-state index contributed by atoms with van der Waals surface area (Å²) in [6.45, 7) is 5.68. The topological polar surface area (TPSA) is 3.24 Å². The Bertz CT molecular complexity index is 152. The average Bonchev–Trinajstić information content (AvgIpc) is 1.86. The first-order chi connectivity index (χ1) is 4.70. The van der Waals surface area contributed by atoms with Crippen LogP contribution in [0.2, 0.25) is 0 Å². The van der Waals surface area contributed by atoms with E-state index in [1.165, 1.54) is 0 Å². The van der Waals surface area contributed by atoms with Crippen LogP contribution < -0.4 is 0 Å². The molecule has 0 amide bonds. The average molecular weight is 137 g/mol. The molecule has 0 unspecified atom stereocenters. The summed E-state index contributed by atoms with van der Waals surface area (Å²) in [5.41, 5.74) is 1.13. The lowest BCUT2D eigenvalue weighted by Crippen LogP contribution is -2.01. The van der Waals surface area contributed by atoms with Crippen molar-refractivity contribution >= 4 is 0 Å². The van der Waals surface area contributed by atoms with Crippen LogP contribution in [-0.4, -0.2) is 19.0 Å². The zero-order valence-corrected chi connectivity index (χ0v) is 6.96. The molecule has 0 N–H and O–H groups in total. The molecule has 0 saturated heterocycles. The molecule has 0 aliphatic heterocycles. The van der Waals surface area contributed by atoms with Crippen molar-refractivity contribution in [3.8, 4) is 0 Å². The van der Waals surface area contributed by atoms with Crippen molar-refractivity contribution in [2.24, 2.45) is 0 Å². The first-order valence-corrected chi connectivity index (χ1v) is 3.34. The molecule has 0 aromatic rings. The van der Waals surface area contributed by atoms with Crippen LogP contribution in [0.25, 0.3) is 0 Å². The summed E-state index contributed by atoms with van der Waals surface area (Å²) < 4.78 is 0. The highest BCUT2D eigenvalue weighted by Crippen LogP contribution is 1.97. The third-order valence-electron chi connectivity index (χ3n) is 1.00. The number of nitrogens with zero attached hydrogens (tertiary/aromatic N) is 1. The van der Waals surface area contributed by atoms with E-state index >= 15 is 0 Å². The molecule has 0 aromatic heterocycles. The fourth-order valence-electron chi connectivity index (χ4n) is 0.654. The first-order valence-electron chi connectivity index (χ1n) is 3.34. The van der Waals surface area contributed by atoms with E-state index < -0.39 is 0 Å². The zero-order valence-electron chi connectivity index (χ0n) is 6.96. The lowest BCUT2D eigenvalue weighted by Gasteiger charge is -2.04. The molecule has 0 rings (SSSR count). The van der Waals surface area contributed by atoms with E-state index in [1.807, 2.05) is 50.3 Å². The summed E-state index contributed by atoms with van der Waals surface area (Å²) in [5, 5.41) is 0. The van der Waals surface area contributed by atoms with Crippen LogP contribution in [0.3, 0.4) is 0 Å². The van der Waals surface area contributed by atoms with Crippen molar-refractivity contribution in [1.29, 1.82) is 0 Å². The summed E-state index contributed by atoms with van der Waals surface area (Å²) in [5.74, 6) is 0. The van der Waals surface area contributed by atoms with Gasteiger partial charge in [0.25, 0.3) is 0 Å². The zero-order chi connectivity index (χ0) is 7.98. The van der Waals surface area contributed by atoms with Crippen molar-refractivity contribution in [1.82, 2.24) is 4.90 Å². The van der Waals surface area contributed by atoms with Crippen LogP contribution in [-0.2, 0) is 0 Å². The van der Waals surface area contributed by atoms with Crippen molar-refractivity contribution in [2.45, 2.75) is 6.92 Å². The van der Waals surface area contributed by atoms with Crippen LogP contribution in [0.4, 0.5) is 0 Å². The van der Waals surface area contributed by atoms with Crippen LogP contribution in [0.5, 0.6) is 0 Å². The molecule has 0 radical (unpaired) electrons. The van der Waals surface area contributed by atoms with Gasteiger partial charge in [0.2, 0.25) is 0 Å². The van der Waals surface area contributed by atoms with Gasteiger partial charge in [-0.2, -0.15) is 0 Å². The molecule has 0 spiro atoms. The third-order valence-corrected chi connectivity index (χ3v) is 1.00. The summed E-state index contributed by atoms with van der Waals surface area (Å²) >= 11 is 0. The van der Waals surface area contributed by atoms with E-state index in [0.29, 0.717) is 0 Å². The Balaban J connectivity index is 4.18. The smallest absolute Gasteiger partial charge is 0.00583 e. The van der Waals surface area contributed by atoms with E-state index in [-0.39, 0.29) is 0 Å². The Hall–Kier alpha value is -0.980. The molecular weight excluding hydrogens is 122 g/mol. The quantitative estimate of drug-likeness (QED) is 0.539. The highest BCUT2D eigenvalue weighted by atomic mass is 15.0. The Morgan fingerprint density at radius 3 is 2.30 bits per heavy atom. The summed E-state index contributed by atoms with van der Waals surface area (Å²) in [6.07, 6.45) is 7.87. The first kappa shape index (κ1) is 9.02. The molecule has 0 aliphatic carbocycles. The van der Waals surface area contributed by atoms with Gasteiger partial charge in [0, 0.05) is 20.3 Å². The molecule has 1 heteroatoms. The summed E-state index contributed by atoms with van der Waals surface area (Å²) in [7, 11) is 3.99. The highest BCUT2D eigenvalue weighted by Gasteiger charge is 1.82. The Morgan fingerprint density at radius 2 is 2.00 bits per heavy atom. The molecular formula is C9H15N. The maximum absolute atomic E-state index is 3.69. The largest absolute Gasteiger partial charge is 0.383 e. The van der Waals surface area contributed by atoms with Crippen molar-refractivity contribution in [2.75, 3.05) is 14.1 Å². The van der Waals surface area contributed by atoms with Crippen molar-refractivity contribution < 1.29 is 0 Å². The molecule has 0 bridgehead atoms. The molecule has 0 aliphatic rings. The third kappa shape index (κ3) is 3.96. The second-order valence-electron chi connectivity index (χ2n) is 2.30. The van der Waals surface area contributed by atoms with Gasteiger partial charge in [-0.05, 0) is 12.5 Å². The lowest BCUT2D eigenvalue weighted by molar-refractivity contribution is 0.561. The van der Waals surface area contributed by atoms with E-state index in [2.05, 4.69) is 6.58 Å². The van der Waals surface area contributed by atoms with Crippen LogP contribution in [0, 0.1) is 0 Å². The van der Waals surface area contributed by atoms with E-state index in [0.717, 1.165) is 5.57 Å². The second-order valence-corrected chi connectivity index (χ2v) is 2.30. The summed E-state index contributed by atoms with van der Waals surface area (Å²) in [4.78, 5) is 2.00. The molecule has 0 saturated carbocycles. The molecule has 1 nitrogen and oxygen atoms in total. The van der Waals surface area contributed by atoms with Gasteiger partial charge in [0.1, 0.15) is 0 Å². The SMILES string of the molecule is C=CC(/C=C\C)=C\N(C)C. The Labute approximate surface area is 63.3 Å². The van der Waals surface area contributed by atoms with Gasteiger partial charge in [-0.25, -0.2) is 0 Å². The number of hydrogen-bond acceptors (Lipinski definition) is 1.